The van der Waals surface area contributed by atoms with E-state index in [0.29, 0.717) is 17.9 Å². The van der Waals surface area contributed by atoms with Crippen LogP contribution in [0, 0.1) is 0 Å². The maximum Gasteiger partial charge on any atom is 0.343 e. The fourth-order valence-corrected chi connectivity index (χ4v) is 3.63. The summed E-state index contributed by atoms with van der Waals surface area (Å²) in [6.07, 6.45) is 10.2. The summed E-state index contributed by atoms with van der Waals surface area (Å²) >= 11 is 0. The van der Waals surface area contributed by atoms with E-state index in [1.165, 1.54) is 44.9 Å². The van der Waals surface area contributed by atoms with Crippen LogP contribution in [0.1, 0.15) is 68.6 Å². The summed E-state index contributed by atoms with van der Waals surface area (Å²) in [5.41, 5.74) is 2.73. The highest BCUT2D eigenvalue weighted by Crippen LogP contribution is 2.23. The Morgan fingerprint density at radius 1 is 0.625 bits per heavy atom. The Morgan fingerprint density at radius 3 is 1.84 bits per heavy atom. The van der Waals surface area contributed by atoms with Crippen LogP contribution in [0.15, 0.2) is 78.9 Å². The summed E-state index contributed by atoms with van der Waals surface area (Å²) < 4.78 is 11.3. The molecule has 3 heteroatoms. The monoisotopic (exact) mass is 430 g/mol. The predicted molar refractivity (Wildman–Crippen MR) is 131 cm³/mol. The Hall–Kier alpha value is -3.07. The summed E-state index contributed by atoms with van der Waals surface area (Å²) in [4.78, 5) is 12.4. The molecule has 0 bridgehead atoms. The molecule has 0 heterocycles. The first kappa shape index (κ1) is 23.6. The molecule has 0 saturated carbocycles. The van der Waals surface area contributed by atoms with Gasteiger partial charge in [-0.25, -0.2) is 4.79 Å². The third-order valence-corrected chi connectivity index (χ3v) is 5.53. The first-order chi connectivity index (χ1) is 15.8. The Labute approximate surface area is 192 Å². The number of carbonyl (C=O) groups excluding carboxylic acids is 1. The number of unbranched alkanes of at least 4 members (excludes halogenated alkanes) is 7. The fraction of sp³-hybridized carbons (Fsp3) is 0.345. The largest absolute Gasteiger partial charge is 0.494 e. The summed E-state index contributed by atoms with van der Waals surface area (Å²) in [6, 6.07) is 24.8. The molecule has 3 rings (SSSR count). The first-order valence-electron chi connectivity index (χ1n) is 11.9. The smallest absolute Gasteiger partial charge is 0.343 e. The van der Waals surface area contributed by atoms with Crippen molar-refractivity contribution >= 4 is 5.97 Å². The van der Waals surface area contributed by atoms with Gasteiger partial charge in [-0.3, -0.25) is 0 Å². The first-order valence-corrected chi connectivity index (χ1v) is 11.9. The van der Waals surface area contributed by atoms with Gasteiger partial charge in [0.2, 0.25) is 0 Å². The standard InChI is InChI=1S/C29H34O3/c1-2-3-4-5-6-7-8-12-23-31-27-19-17-26(18-20-27)29(30)32-28-21-15-25(16-22-28)24-13-10-9-11-14-24/h9-11,13-22H,2-8,12,23H2,1H3. The number of benzene rings is 3. The van der Waals surface area contributed by atoms with Crippen LogP contribution in [0.4, 0.5) is 0 Å². The molecule has 0 saturated heterocycles. The van der Waals surface area contributed by atoms with E-state index < -0.39 is 0 Å². The van der Waals surface area contributed by atoms with Gasteiger partial charge in [-0.2, -0.15) is 0 Å². The van der Waals surface area contributed by atoms with Crippen molar-refractivity contribution in [3.63, 3.8) is 0 Å². The quantitative estimate of drug-likeness (QED) is 0.156. The average molecular weight is 431 g/mol. The molecule has 3 nitrogen and oxygen atoms in total. The zero-order valence-corrected chi connectivity index (χ0v) is 19.1. The second-order valence-electron chi connectivity index (χ2n) is 8.13. The molecule has 0 amide bonds. The lowest BCUT2D eigenvalue weighted by Crippen LogP contribution is -2.08. The zero-order valence-electron chi connectivity index (χ0n) is 19.1. The minimum absolute atomic E-state index is 0.368. The summed E-state index contributed by atoms with van der Waals surface area (Å²) in [5.74, 6) is 0.952. The van der Waals surface area contributed by atoms with Crippen LogP contribution in [-0.4, -0.2) is 12.6 Å². The highest BCUT2D eigenvalue weighted by molar-refractivity contribution is 5.91. The molecule has 0 aromatic heterocycles. The van der Waals surface area contributed by atoms with Gasteiger partial charge < -0.3 is 9.47 Å². The van der Waals surface area contributed by atoms with E-state index in [1.54, 1.807) is 12.1 Å². The van der Waals surface area contributed by atoms with E-state index >= 15 is 0 Å². The molecular formula is C29H34O3. The topological polar surface area (TPSA) is 35.5 Å². The van der Waals surface area contributed by atoms with Gasteiger partial charge in [-0.1, -0.05) is 94.3 Å². The maximum atomic E-state index is 12.4. The van der Waals surface area contributed by atoms with Crippen LogP contribution in [0.3, 0.4) is 0 Å². The second-order valence-corrected chi connectivity index (χ2v) is 8.13. The van der Waals surface area contributed by atoms with Gasteiger partial charge in [0.15, 0.2) is 0 Å². The van der Waals surface area contributed by atoms with Crippen LogP contribution in [0.25, 0.3) is 11.1 Å². The maximum absolute atomic E-state index is 12.4. The van der Waals surface area contributed by atoms with Crippen LogP contribution in [-0.2, 0) is 0 Å². The number of hydrogen-bond acceptors (Lipinski definition) is 3. The molecule has 3 aromatic carbocycles. The van der Waals surface area contributed by atoms with Gasteiger partial charge in [0.25, 0.3) is 0 Å². The van der Waals surface area contributed by atoms with Crippen molar-refractivity contribution in [2.24, 2.45) is 0 Å². The Balaban J connectivity index is 1.38. The lowest BCUT2D eigenvalue weighted by Gasteiger charge is -2.08. The minimum Gasteiger partial charge on any atom is -0.494 e. The fourth-order valence-electron chi connectivity index (χ4n) is 3.63. The molecule has 0 aliphatic rings. The molecule has 0 N–H and O–H groups in total. The van der Waals surface area contributed by atoms with Crippen molar-refractivity contribution in [3.05, 3.63) is 84.4 Å². The number of esters is 1. The molecule has 168 valence electrons. The summed E-state index contributed by atoms with van der Waals surface area (Å²) in [7, 11) is 0. The van der Waals surface area contributed by atoms with E-state index in [2.05, 4.69) is 19.1 Å². The van der Waals surface area contributed by atoms with Crippen molar-refractivity contribution in [2.45, 2.75) is 58.3 Å². The average Bonchev–Trinajstić information content (AvgIpc) is 2.84. The van der Waals surface area contributed by atoms with Gasteiger partial charge in [0, 0.05) is 0 Å². The molecule has 0 unspecified atom stereocenters. The van der Waals surface area contributed by atoms with Crippen molar-refractivity contribution in [2.75, 3.05) is 6.61 Å². The minimum atomic E-state index is -0.368. The van der Waals surface area contributed by atoms with E-state index in [-0.39, 0.29) is 5.97 Å². The van der Waals surface area contributed by atoms with Crippen LogP contribution >= 0.6 is 0 Å². The Morgan fingerprint density at radius 2 is 1.19 bits per heavy atom. The summed E-state index contributed by atoms with van der Waals surface area (Å²) in [6.45, 7) is 2.96. The molecular weight excluding hydrogens is 396 g/mol. The van der Waals surface area contributed by atoms with Gasteiger partial charge in [-0.15, -0.1) is 0 Å². The van der Waals surface area contributed by atoms with Crippen molar-refractivity contribution < 1.29 is 14.3 Å². The van der Waals surface area contributed by atoms with Crippen molar-refractivity contribution in [1.29, 1.82) is 0 Å². The molecule has 0 spiro atoms. The Bertz CT molecular complexity index is 915. The van der Waals surface area contributed by atoms with E-state index in [4.69, 9.17) is 9.47 Å². The lowest BCUT2D eigenvalue weighted by atomic mass is 10.1. The van der Waals surface area contributed by atoms with Gasteiger partial charge in [0.1, 0.15) is 11.5 Å². The van der Waals surface area contributed by atoms with Gasteiger partial charge >= 0.3 is 5.97 Å². The molecule has 32 heavy (non-hydrogen) atoms. The zero-order chi connectivity index (χ0) is 22.4. The van der Waals surface area contributed by atoms with E-state index in [9.17, 15) is 4.79 Å². The third kappa shape index (κ3) is 7.88. The molecule has 0 radical (unpaired) electrons. The number of carbonyl (C=O) groups is 1. The number of ether oxygens (including phenoxy) is 2. The molecule has 0 aliphatic carbocycles. The Kier molecular flexibility index (Phi) is 9.85. The van der Waals surface area contributed by atoms with Crippen LogP contribution in [0.2, 0.25) is 0 Å². The van der Waals surface area contributed by atoms with E-state index in [0.717, 1.165) is 23.3 Å². The number of hydrogen-bond donors (Lipinski definition) is 0. The third-order valence-electron chi connectivity index (χ3n) is 5.53. The lowest BCUT2D eigenvalue weighted by molar-refractivity contribution is 0.0734. The van der Waals surface area contributed by atoms with Gasteiger partial charge in [-0.05, 0) is 53.9 Å². The van der Waals surface area contributed by atoms with E-state index in [1.807, 2.05) is 54.6 Å². The SMILES string of the molecule is CCCCCCCCCCOc1ccc(C(=O)Oc2ccc(-c3ccccc3)cc2)cc1. The highest BCUT2D eigenvalue weighted by Gasteiger charge is 2.09. The summed E-state index contributed by atoms with van der Waals surface area (Å²) in [5, 5.41) is 0. The molecule has 0 atom stereocenters. The second kappa shape index (κ2) is 13.4. The van der Waals surface area contributed by atoms with Crippen molar-refractivity contribution in [3.8, 4) is 22.6 Å². The van der Waals surface area contributed by atoms with Crippen LogP contribution in [0.5, 0.6) is 11.5 Å². The number of rotatable bonds is 13. The van der Waals surface area contributed by atoms with Gasteiger partial charge in [0.05, 0.1) is 12.2 Å². The molecule has 0 fully saturated rings. The van der Waals surface area contributed by atoms with Crippen molar-refractivity contribution in [1.82, 2.24) is 0 Å². The molecule has 0 aliphatic heterocycles. The normalized spacial score (nSPS) is 10.7. The highest BCUT2D eigenvalue weighted by atomic mass is 16.5. The predicted octanol–water partition coefficient (Wildman–Crippen LogP) is 8.09. The van der Waals surface area contributed by atoms with Crippen LogP contribution < -0.4 is 9.47 Å². The molecule has 3 aromatic rings.